The molecule has 0 rings (SSSR count). The van der Waals surface area contributed by atoms with Crippen LogP contribution in [0.1, 0.15) is 207 Å². The summed E-state index contributed by atoms with van der Waals surface area (Å²) in [7, 11) is 0. The number of ether oxygens (including phenoxy) is 3. The van der Waals surface area contributed by atoms with E-state index in [1.165, 1.54) is 19.3 Å². The van der Waals surface area contributed by atoms with Gasteiger partial charge in [0.25, 0.3) is 0 Å². The van der Waals surface area contributed by atoms with E-state index in [9.17, 15) is 14.4 Å². The molecule has 0 N–H and O–H groups in total. The van der Waals surface area contributed by atoms with Gasteiger partial charge in [0.2, 0.25) is 0 Å². The fraction of sp³-hybridized carbons (Fsp3) is 0.583. The van der Waals surface area contributed by atoms with Crippen molar-refractivity contribution < 1.29 is 28.6 Å². The van der Waals surface area contributed by atoms with Gasteiger partial charge in [0.05, 0.1) is 0 Å². The van der Waals surface area contributed by atoms with E-state index >= 15 is 0 Å². The quantitative estimate of drug-likeness (QED) is 0.0199. The molecule has 1 atom stereocenters. The second-order valence-corrected chi connectivity index (χ2v) is 16.8. The second kappa shape index (κ2) is 53.2. The third-order valence-electron chi connectivity index (χ3n) is 10.5. The predicted octanol–water partition coefficient (Wildman–Crippen LogP) is 17.5. The van der Waals surface area contributed by atoms with Gasteiger partial charge in [-0.05, 0) is 116 Å². The summed E-state index contributed by atoms with van der Waals surface area (Å²) in [5.41, 5.74) is 0. The van der Waals surface area contributed by atoms with Crippen molar-refractivity contribution in [2.45, 2.75) is 213 Å². The summed E-state index contributed by atoms with van der Waals surface area (Å²) >= 11 is 0. The number of carbonyl (C=O) groups is 3. The molecule has 0 radical (unpaired) electrons. The molecule has 0 fully saturated rings. The molecule has 0 aromatic heterocycles. The lowest BCUT2D eigenvalue weighted by atomic mass is 10.1. The van der Waals surface area contributed by atoms with Gasteiger partial charge in [-0.25, -0.2) is 0 Å². The number of allylic oxidation sites excluding steroid dienone is 22. The van der Waals surface area contributed by atoms with E-state index in [0.717, 1.165) is 141 Å². The molecule has 6 heteroatoms. The van der Waals surface area contributed by atoms with Crippen LogP contribution >= 0.6 is 0 Å². The summed E-state index contributed by atoms with van der Waals surface area (Å²) in [5, 5.41) is 0. The molecule has 0 aliphatic heterocycles. The van der Waals surface area contributed by atoms with Crippen molar-refractivity contribution in [1.29, 1.82) is 0 Å². The molecule has 0 saturated carbocycles. The number of rotatable bonds is 45. The van der Waals surface area contributed by atoms with Crippen LogP contribution in [-0.4, -0.2) is 37.2 Å². The summed E-state index contributed by atoms with van der Waals surface area (Å²) in [4.78, 5) is 38.0. The van der Waals surface area contributed by atoms with E-state index < -0.39 is 6.10 Å². The molecule has 0 heterocycles. The Morgan fingerprint density at radius 2 is 0.652 bits per heavy atom. The van der Waals surface area contributed by atoms with Gasteiger partial charge in [-0.15, -0.1) is 0 Å². The highest BCUT2D eigenvalue weighted by Gasteiger charge is 2.19. The van der Waals surface area contributed by atoms with E-state index in [2.05, 4.69) is 154 Å². The molecule has 0 aromatic rings. The van der Waals surface area contributed by atoms with Gasteiger partial charge in [-0.3, -0.25) is 14.4 Å². The molecule has 0 aromatic carbocycles. The summed E-state index contributed by atoms with van der Waals surface area (Å²) < 4.78 is 16.7. The van der Waals surface area contributed by atoms with Gasteiger partial charge in [-0.2, -0.15) is 0 Å². The maximum atomic E-state index is 12.8. The predicted molar refractivity (Wildman–Crippen MR) is 283 cm³/mol. The molecule has 0 spiro atoms. The third-order valence-corrected chi connectivity index (χ3v) is 10.5. The number of carbonyl (C=O) groups excluding carboxylic acids is 3. The maximum Gasteiger partial charge on any atom is 0.306 e. The zero-order valence-corrected chi connectivity index (χ0v) is 42.1. The van der Waals surface area contributed by atoms with E-state index in [1.807, 2.05) is 0 Å². The molecule has 0 bridgehead atoms. The monoisotopic (exact) mass is 911 g/mol. The number of hydrogen-bond donors (Lipinski definition) is 0. The lowest BCUT2D eigenvalue weighted by molar-refractivity contribution is -0.167. The normalized spacial score (nSPS) is 13.2. The van der Waals surface area contributed by atoms with Crippen molar-refractivity contribution in [2.75, 3.05) is 13.2 Å². The van der Waals surface area contributed by atoms with Crippen LogP contribution in [0.3, 0.4) is 0 Å². The Kier molecular flexibility index (Phi) is 49.6. The highest BCUT2D eigenvalue weighted by molar-refractivity contribution is 5.71. The largest absolute Gasteiger partial charge is 0.462 e. The van der Waals surface area contributed by atoms with Crippen molar-refractivity contribution in [3.05, 3.63) is 134 Å². The first-order chi connectivity index (χ1) is 32.5. The van der Waals surface area contributed by atoms with Gasteiger partial charge in [0.1, 0.15) is 13.2 Å². The number of unbranched alkanes of at least 4 members (excludes halogenated alkanes) is 15. The van der Waals surface area contributed by atoms with Crippen molar-refractivity contribution in [1.82, 2.24) is 0 Å². The standard InChI is InChI=1S/C60H94O6/c1-4-7-10-13-16-19-22-25-28-30-31-33-35-38-41-44-47-50-53-59(62)65-56-57(55-64-58(61)52-49-46-43-40-37-34-27-24-21-18-15-12-9-6-3)66-60(63)54-51-48-45-42-39-36-32-29-26-23-20-17-14-11-8-5-2/h8-9,11-12,16-22,25-31,33-34,36,39,57H,4-7,10,13-15,23-24,32,35,37-38,40-56H2,1-3H3/b11-8-,12-9-,19-16-,20-17-,21-18-,25-22-,29-26-,30-28-,33-31-,34-27-,39-36-. The Labute approximate surface area is 405 Å². The van der Waals surface area contributed by atoms with Crippen molar-refractivity contribution in [3.8, 4) is 0 Å². The lowest BCUT2D eigenvalue weighted by Gasteiger charge is -2.18. The first-order valence-corrected chi connectivity index (χ1v) is 26.2. The SMILES string of the molecule is CC/C=C\C/C=C\C/C=C\C/C=C\CCCCCC(=O)OC(COC(=O)CCCCCC/C=C\C/C=C\C/C=C\CC)COC(=O)CCCCCCC\C=C/C=C\C=C/C=C\CCCCC. The summed E-state index contributed by atoms with van der Waals surface area (Å²) in [6, 6.07) is 0. The average Bonchev–Trinajstić information content (AvgIpc) is 3.31. The van der Waals surface area contributed by atoms with Crippen molar-refractivity contribution in [3.63, 3.8) is 0 Å². The fourth-order valence-electron chi connectivity index (χ4n) is 6.57. The molecule has 6 nitrogen and oxygen atoms in total. The summed E-state index contributed by atoms with van der Waals surface area (Å²) in [6.07, 6.45) is 74.3. The zero-order valence-electron chi connectivity index (χ0n) is 42.1. The Hall–Kier alpha value is -4.45. The van der Waals surface area contributed by atoms with Gasteiger partial charge >= 0.3 is 17.9 Å². The fourth-order valence-corrected chi connectivity index (χ4v) is 6.57. The smallest absolute Gasteiger partial charge is 0.306 e. The Bertz CT molecular complexity index is 1460. The highest BCUT2D eigenvalue weighted by Crippen LogP contribution is 2.12. The molecule has 370 valence electrons. The van der Waals surface area contributed by atoms with Crippen LogP contribution in [0.25, 0.3) is 0 Å². The van der Waals surface area contributed by atoms with Gasteiger partial charge in [0.15, 0.2) is 6.10 Å². The second-order valence-electron chi connectivity index (χ2n) is 16.8. The van der Waals surface area contributed by atoms with Crippen LogP contribution in [0.2, 0.25) is 0 Å². The van der Waals surface area contributed by atoms with Crippen LogP contribution in [0.15, 0.2) is 134 Å². The van der Waals surface area contributed by atoms with Crippen molar-refractivity contribution in [2.24, 2.45) is 0 Å². The van der Waals surface area contributed by atoms with Crippen LogP contribution < -0.4 is 0 Å². The molecule has 0 aliphatic carbocycles. The van der Waals surface area contributed by atoms with Crippen LogP contribution in [0.5, 0.6) is 0 Å². The molecular formula is C60H94O6. The van der Waals surface area contributed by atoms with Crippen molar-refractivity contribution >= 4 is 17.9 Å². The molecule has 0 amide bonds. The Balaban J connectivity index is 4.56. The summed E-state index contributed by atoms with van der Waals surface area (Å²) in [5.74, 6) is -1.000. The summed E-state index contributed by atoms with van der Waals surface area (Å²) in [6.45, 7) is 6.28. The lowest BCUT2D eigenvalue weighted by Crippen LogP contribution is -2.30. The third kappa shape index (κ3) is 50.5. The van der Waals surface area contributed by atoms with Crippen LogP contribution in [-0.2, 0) is 28.6 Å². The number of hydrogen-bond acceptors (Lipinski definition) is 6. The number of esters is 3. The first kappa shape index (κ1) is 61.5. The minimum atomic E-state index is -0.819. The Morgan fingerprint density at radius 1 is 0.333 bits per heavy atom. The van der Waals surface area contributed by atoms with E-state index in [4.69, 9.17) is 14.2 Å². The topological polar surface area (TPSA) is 78.9 Å². The maximum absolute atomic E-state index is 12.8. The Morgan fingerprint density at radius 3 is 1.08 bits per heavy atom. The minimum absolute atomic E-state index is 0.116. The molecular weight excluding hydrogens is 817 g/mol. The van der Waals surface area contributed by atoms with E-state index in [-0.39, 0.29) is 37.5 Å². The molecule has 0 saturated heterocycles. The average molecular weight is 911 g/mol. The first-order valence-electron chi connectivity index (χ1n) is 26.2. The van der Waals surface area contributed by atoms with Crippen LogP contribution in [0.4, 0.5) is 0 Å². The van der Waals surface area contributed by atoms with Crippen LogP contribution in [0, 0.1) is 0 Å². The molecule has 1 unspecified atom stereocenters. The zero-order chi connectivity index (χ0) is 47.9. The van der Waals surface area contributed by atoms with Gasteiger partial charge in [0, 0.05) is 19.3 Å². The van der Waals surface area contributed by atoms with Gasteiger partial charge in [-0.1, -0.05) is 206 Å². The molecule has 0 aliphatic rings. The highest BCUT2D eigenvalue weighted by atomic mass is 16.6. The van der Waals surface area contributed by atoms with E-state index in [1.54, 1.807) is 0 Å². The van der Waals surface area contributed by atoms with E-state index in [0.29, 0.717) is 19.3 Å². The minimum Gasteiger partial charge on any atom is -0.462 e. The molecule has 66 heavy (non-hydrogen) atoms. The van der Waals surface area contributed by atoms with Gasteiger partial charge < -0.3 is 14.2 Å².